The molecule has 0 fully saturated rings. The van der Waals surface area contributed by atoms with E-state index in [-0.39, 0.29) is 0 Å². The Labute approximate surface area is 313 Å². The van der Waals surface area contributed by atoms with Crippen LogP contribution in [0.5, 0.6) is 0 Å². The highest BCUT2D eigenvalue weighted by atomic mass is 16.3. The van der Waals surface area contributed by atoms with Gasteiger partial charge in [-0.2, -0.15) is 0 Å². The Morgan fingerprint density at radius 2 is 1.06 bits per heavy atom. The van der Waals surface area contributed by atoms with Gasteiger partial charge in [0.25, 0.3) is 0 Å². The SMILES string of the molecule is C1=Cc2c(oc3c(-c4ccc(N(c5cccc(-c6cc7ccccc7c7ccccc67)c5)c5cc6ccccc6c6ccccc56)cc4)cccc23)CC1. The molecule has 254 valence electrons. The number of para-hydroxylation sites is 1. The van der Waals surface area contributed by atoms with Crippen LogP contribution in [0, 0.1) is 0 Å². The maximum Gasteiger partial charge on any atom is 0.142 e. The molecule has 0 aliphatic heterocycles. The third-order valence-corrected chi connectivity index (χ3v) is 11.3. The van der Waals surface area contributed by atoms with Crippen molar-refractivity contribution in [1.29, 1.82) is 0 Å². The third-order valence-electron chi connectivity index (χ3n) is 11.3. The first kappa shape index (κ1) is 30.7. The molecule has 0 bridgehead atoms. The first-order valence-corrected chi connectivity index (χ1v) is 18.8. The highest BCUT2D eigenvalue weighted by Gasteiger charge is 2.21. The summed E-state index contributed by atoms with van der Waals surface area (Å²) in [6.45, 7) is 0. The minimum Gasteiger partial charge on any atom is -0.460 e. The zero-order valence-corrected chi connectivity index (χ0v) is 29.7. The van der Waals surface area contributed by atoms with E-state index in [1.807, 2.05) is 0 Å². The van der Waals surface area contributed by atoms with Crippen molar-refractivity contribution in [3.8, 4) is 22.3 Å². The summed E-state index contributed by atoms with van der Waals surface area (Å²) in [5.74, 6) is 1.09. The number of benzene rings is 9. The summed E-state index contributed by atoms with van der Waals surface area (Å²) in [7, 11) is 0. The molecule has 0 spiro atoms. The summed E-state index contributed by atoms with van der Waals surface area (Å²) in [5.41, 5.74) is 10.2. The van der Waals surface area contributed by atoms with Crippen LogP contribution >= 0.6 is 0 Å². The summed E-state index contributed by atoms with van der Waals surface area (Å²) in [4.78, 5) is 2.43. The van der Waals surface area contributed by atoms with Gasteiger partial charge in [0.15, 0.2) is 0 Å². The van der Waals surface area contributed by atoms with E-state index in [9.17, 15) is 0 Å². The normalized spacial score (nSPS) is 12.6. The van der Waals surface area contributed by atoms with E-state index in [0.29, 0.717) is 0 Å². The predicted molar refractivity (Wildman–Crippen MR) is 229 cm³/mol. The summed E-state index contributed by atoms with van der Waals surface area (Å²) in [5, 5.41) is 11.2. The smallest absolute Gasteiger partial charge is 0.142 e. The van der Waals surface area contributed by atoms with Crippen LogP contribution < -0.4 is 4.90 Å². The standard InChI is InChI=1S/C52H35NO/c1-3-17-40-36(13-1)32-49(45-21-6-5-19-43(40)45)35-15-11-16-39(31-35)53(50-33-37-14-2-4-18-41(37)44-20-7-8-22-46(44)50)38-29-27-34(28-30-38)42-24-12-25-48-47-23-9-10-26-51(47)54-52(42)48/h1-9,11-25,27-33H,10,26H2. The summed E-state index contributed by atoms with van der Waals surface area (Å²) in [6.07, 6.45) is 6.44. The maximum absolute atomic E-state index is 6.53. The van der Waals surface area contributed by atoms with Crippen molar-refractivity contribution in [2.45, 2.75) is 12.8 Å². The van der Waals surface area contributed by atoms with Gasteiger partial charge in [0.05, 0.1) is 5.69 Å². The molecule has 2 nitrogen and oxygen atoms in total. The average Bonchev–Trinajstić information content (AvgIpc) is 3.63. The highest BCUT2D eigenvalue weighted by molar-refractivity contribution is 6.16. The van der Waals surface area contributed by atoms with E-state index in [2.05, 4.69) is 193 Å². The molecule has 0 amide bonds. The number of furan rings is 1. The molecule has 2 heteroatoms. The molecule has 1 aliphatic carbocycles. The van der Waals surface area contributed by atoms with Crippen molar-refractivity contribution >= 4 is 77.2 Å². The lowest BCUT2D eigenvalue weighted by atomic mass is 9.93. The van der Waals surface area contributed by atoms with Crippen LogP contribution in [0.3, 0.4) is 0 Å². The van der Waals surface area contributed by atoms with Gasteiger partial charge in [-0.05, 0) is 97.2 Å². The van der Waals surface area contributed by atoms with E-state index in [1.165, 1.54) is 65.2 Å². The number of anilines is 3. The molecule has 0 N–H and O–H groups in total. The number of fused-ring (bicyclic) bond motifs is 9. The molecular weight excluding hydrogens is 655 g/mol. The predicted octanol–water partition coefficient (Wildman–Crippen LogP) is 14.8. The minimum atomic E-state index is 0.946. The monoisotopic (exact) mass is 689 g/mol. The average molecular weight is 690 g/mol. The Bertz CT molecular complexity index is 3110. The van der Waals surface area contributed by atoms with Crippen LogP contribution in [0.15, 0.2) is 186 Å². The van der Waals surface area contributed by atoms with E-state index in [0.717, 1.165) is 52.4 Å². The first-order valence-electron chi connectivity index (χ1n) is 18.8. The maximum atomic E-state index is 6.53. The summed E-state index contributed by atoms with van der Waals surface area (Å²) < 4.78 is 6.53. The van der Waals surface area contributed by atoms with Crippen LogP contribution in [-0.4, -0.2) is 0 Å². The second-order valence-electron chi connectivity index (χ2n) is 14.3. The van der Waals surface area contributed by atoms with Crippen LogP contribution in [0.25, 0.3) is 82.4 Å². The van der Waals surface area contributed by atoms with Gasteiger partial charge in [0, 0.05) is 39.7 Å². The summed E-state index contributed by atoms with van der Waals surface area (Å²) >= 11 is 0. The van der Waals surface area contributed by atoms with E-state index >= 15 is 0 Å². The lowest BCUT2D eigenvalue weighted by Crippen LogP contribution is -2.11. The number of nitrogens with zero attached hydrogens (tertiary/aromatic N) is 1. The lowest BCUT2D eigenvalue weighted by molar-refractivity contribution is 0.547. The Balaban J connectivity index is 1.12. The zero-order chi connectivity index (χ0) is 35.6. The molecule has 10 aromatic rings. The fraction of sp³-hybridized carbons (Fsp3) is 0.0385. The molecule has 0 radical (unpaired) electrons. The Kier molecular flexibility index (Phi) is 7.03. The van der Waals surface area contributed by atoms with Gasteiger partial charge in [-0.15, -0.1) is 0 Å². The number of hydrogen-bond acceptors (Lipinski definition) is 2. The fourth-order valence-electron chi connectivity index (χ4n) is 8.74. The second-order valence-corrected chi connectivity index (χ2v) is 14.3. The van der Waals surface area contributed by atoms with Gasteiger partial charge in [0.1, 0.15) is 11.3 Å². The second kappa shape index (κ2) is 12.4. The van der Waals surface area contributed by atoms with Crippen LogP contribution in [0.1, 0.15) is 17.7 Å². The molecule has 1 aliphatic rings. The van der Waals surface area contributed by atoms with Gasteiger partial charge in [-0.3, -0.25) is 0 Å². The molecule has 9 aromatic carbocycles. The van der Waals surface area contributed by atoms with Crippen molar-refractivity contribution in [3.05, 3.63) is 193 Å². The lowest BCUT2D eigenvalue weighted by Gasteiger charge is -2.28. The van der Waals surface area contributed by atoms with E-state index in [4.69, 9.17) is 4.42 Å². The first-order chi connectivity index (χ1) is 26.8. The Morgan fingerprint density at radius 1 is 0.426 bits per heavy atom. The largest absolute Gasteiger partial charge is 0.460 e. The summed E-state index contributed by atoms with van der Waals surface area (Å²) in [6, 6.07) is 64.3. The number of allylic oxidation sites excluding steroid dienone is 1. The van der Waals surface area contributed by atoms with Gasteiger partial charge in [-0.1, -0.05) is 152 Å². The Hall–Kier alpha value is -6.90. The van der Waals surface area contributed by atoms with Crippen molar-refractivity contribution < 1.29 is 4.42 Å². The molecule has 54 heavy (non-hydrogen) atoms. The zero-order valence-electron chi connectivity index (χ0n) is 29.7. The molecule has 11 rings (SSSR count). The molecule has 0 unspecified atom stereocenters. The van der Waals surface area contributed by atoms with Crippen molar-refractivity contribution in [3.63, 3.8) is 0 Å². The van der Waals surface area contributed by atoms with Crippen molar-refractivity contribution in [2.24, 2.45) is 0 Å². The van der Waals surface area contributed by atoms with Crippen LogP contribution in [-0.2, 0) is 6.42 Å². The van der Waals surface area contributed by atoms with Crippen LogP contribution in [0.2, 0.25) is 0 Å². The number of rotatable bonds is 5. The molecule has 1 aromatic heterocycles. The topological polar surface area (TPSA) is 16.4 Å². The van der Waals surface area contributed by atoms with Gasteiger partial charge < -0.3 is 9.32 Å². The number of hydrogen-bond donors (Lipinski definition) is 0. The fourth-order valence-corrected chi connectivity index (χ4v) is 8.74. The molecular formula is C52H35NO. The molecule has 1 heterocycles. The molecule has 0 saturated heterocycles. The quantitative estimate of drug-likeness (QED) is 0.167. The third kappa shape index (κ3) is 4.88. The Morgan fingerprint density at radius 3 is 1.83 bits per heavy atom. The van der Waals surface area contributed by atoms with Gasteiger partial charge in [-0.25, -0.2) is 0 Å². The van der Waals surface area contributed by atoms with Crippen molar-refractivity contribution in [2.75, 3.05) is 4.90 Å². The van der Waals surface area contributed by atoms with Gasteiger partial charge in [0.2, 0.25) is 0 Å². The van der Waals surface area contributed by atoms with Crippen molar-refractivity contribution in [1.82, 2.24) is 0 Å². The van der Waals surface area contributed by atoms with Crippen LogP contribution in [0.4, 0.5) is 17.1 Å². The molecule has 0 atom stereocenters. The van der Waals surface area contributed by atoms with E-state index < -0.39 is 0 Å². The highest BCUT2D eigenvalue weighted by Crippen LogP contribution is 2.45. The molecule has 0 saturated carbocycles. The number of aryl methyl sites for hydroxylation is 1. The minimum absolute atomic E-state index is 0.946. The van der Waals surface area contributed by atoms with Gasteiger partial charge >= 0.3 is 0 Å². The van der Waals surface area contributed by atoms with E-state index in [1.54, 1.807) is 0 Å².